The Morgan fingerprint density at radius 3 is 0.798 bits per heavy atom. The summed E-state index contributed by atoms with van der Waals surface area (Å²) < 4.78 is 68.2. The Labute approximate surface area is 543 Å². The van der Waals surface area contributed by atoms with E-state index in [2.05, 4.69) is 55.4 Å². The zero-order chi connectivity index (χ0) is 66.1. The molecule has 0 aromatic carbocycles. The van der Waals surface area contributed by atoms with Crippen LogP contribution in [0.1, 0.15) is 344 Å². The SMILES string of the molecule is CCC(C)CCCCCCCCCCCCCCCCC(=O)OC[C@H](COP(=O)(O)OC[C@@H](O)COP(=O)(O)OC[C@@H](COC(=O)CCCCCCCCC(C)C)OC(=O)CCCCCCCCC(C)C)OC(=O)CCCCCCCCCCCCC(C)C. The number of aliphatic hydroxyl groups is 1. The first kappa shape index (κ1) is 87.1. The minimum Gasteiger partial charge on any atom is -0.462 e. The van der Waals surface area contributed by atoms with Gasteiger partial charge in [0.05, 0.1) is 26.4 Å². The second-order valence-electron chi connectivity index (χ2n) is 26.9. The van der Waals surface area contributed by atoms with Gasteiger partial charge >= 0.3 is 39.5 Å². The van der Waals surface area contributed by atoms with Gasteiger partial charge in [-0.2, -0.15) is 0 Å². The molecular weight excluding hydrogens is 1170 g/mol. The van der Waals surface area contributed by atoms with Gasteiger partial charge in [0.2, 0.25) is 0 Å². The Hall–Kier alpha value is -1.94. The third-order valence-electron chi connectivity index (χ3n) is 16.4. The quantitative estimate of drug-likeness (QED) is 0.0222. The predicted octanol–water partition coefficient (Wildman–Crippen LogP) is 19.7. The summed E-state index contributed by atoms with van der Waals surface area (Å²) in [5.41, 5.74) is 0. The maximum Gasteiger partial charge on any atom is 0.472 e. The average molecular weight is 1310 g/mol. The Morgan fingerprint density at radius 1 is 0.315 bits per heavy atom. The van der Waals surface area contributed by atoms with Gasteiger partial charge in [-0.1, -0.05) is 293 Å². The number of esters is 4. The first-order valence-electron chi connectivity index (χ1n) is 36.2. The van der Waals surface area contributed by atoms with Crippen molar-refractivity contribution >= 4 is 39.5 Å². The lowest BCUT2D eigenvalue weighted by Crippen LogP contribution is -2.30. The summed E-state index contributed by atoms with van der Waals surface area (Å²) >= 11 is 0. The van der Waals surface area contributed by atoms with Gasteiger partial charge in [0, 0.05) is 25.7 Å². The molecule has 0 rings (SSSR count). The molecule has 6 atom stereocenters. The number of rotatable bonds is 67. The highest BCUT2D eigenvalue weighted by Gasteiger charge is 2.30. The predicted molar refractivity (Wildman–Crippen MR) is 358 cm³/mol. The first-order valence-corrected chi connectivity index (χ1v) is 39.2. The van der Waals surface area contributed by atoms with E-state index in [1.54, 1.807) is 0 Å². The fraction of sp³-hybridized carbons (Fsp3) is 0.943. The average Bonchev–Trinajstić information content (AvgIpc) is 3.68. The van der Waals surface area contributed by atoms with Crippen LogP contribution in [0.15, 0.2) is 0 Å². The van der Waals surface area contributed by atoms with Gasteiger partial charge in [-0.3, -0.25) is 37.3 Å². The monoisotopic (exact) mass is 1310 g/mol. The third kappa shape index (κ3) is 63.2. The molecule has 528 valence electrons. The van der Waals surface area contributed by atoms with Crippen molar-refractivity contribution in [1.82, 2.24) is 0 Å². The number of carbonyl (C=O) groups excluding carboxylic acids is 4. The summed E-state index contributed by atoms with van der Waals surface area (Å²) in [6.07, 6.45) is 42.0. The molecular formula is C70H136O17P2. The van der Waals surface area contributed by atoms with Gasteiger partial charge in [-0.05, 0) is 49.4 Å². The minimum atomic E-state index is -4.95. The van der Waals surface area contributed by atoms with Crippen molar-refractivity contribution in [3.63, 3.8) is 0 Å². The maximum absolute atomic E-state index is 13.0. The van der Waals surface area contributed by atoms with E-state index in [1.165, 1.54) is 141 Å². The first-order chi connectivity index (χ1) is 42.6. The minimum absolute atomic E-state index is 0.101. The third-order valence-corrected chi connectivity index (χ3v) is 18.3. The molecule has 0 aromatic rings. The zero-order valence-electron chi connectivity index (χ0n) is 58.1. The summed E-state index contributed by atoms with van der Waals surface area (Å²) in [4.78, 5) is 72.4. The van der Waals surface area contributed by atoms with Gasteiger partial charge in [0.15, 0.2) is 12.2 Å². The van der Waals surface area contributed by atoms with E-state index in [1.807, 2.05) is 0 Å². The van der Waals surface area contributed by atoms with E-state index >= 15 is 0 Å². The van der Waals surface area contributed by atoms with E-state index in [-0.39, 0.29) is 25.7 Å². The van der Waals surface area contributed by atoms with E-state index in [0.29, 0.717) is 37.5 Å². The highest BCUT2D eigenvalue weighted by atomic mass is 31.2. The highest BCUT2D eigenvalue weighted by molar-refractivity contribution is 7.47. The molecule has 0 spiro atoms. The number of aliphatic hydroxyl groups excluding tert-OH is 1. The molecule has 17 nitrogen and oxygen atoms in total. The Morgan fingerprint density at radius 2 is 0.539 bits per heavy atom. The second kappa shape index (κ2) is 59.8. The van der Waals surface area contributed by atoms with Gasteiger partial charge in [-0.25, -0.2) is 9.13 Å². The van der Waals surface area contributed by atoms with Crippen LogP contribution in [0, 0.1) is 23.7 Å². The van der Waals surface area contributed by atoms with Crippen LogP contribution >= 0.6 is 15.6 Å². The fourth-order valence-electron chi connectivity index (χ4n) is 10.5. The highest BCUT2D eigenvalue weighted by Crippen LogP contribution is 2.45. The summed E-state index contributed by atoms with van der Waals surface area (Å²) in [6.45, 7) is 14.0. The molecule has 0 aliphatic heterocycles. The summed E-state index contributed by atoms with van der Waals surface area (Å²) in [5.74, 6) is 0.815. The normalized spacial score (nSPS) is 14.6. The Balaban J connectivity index is 5.20. The molecule has 0 radical (unpaired) electrons. The van der Waals surface area contributed by atoms with Crippen LogP contribution in [0.25, 0.3) is 0 Å². The second-order valence-corrected chi connectivity index (χ2v) is 29.8. The Bertz CT molecular complexity index is 1770. The summed E-state index contributed by atoms with van der Waals surface area (Å²) in [6, 6.07) is 0. The number of ether oxygens (including phenoxy) is 4. The summed E-state index contributed by atoms with van der Waals surface area (Å²) in [7, 11) is -9.90. The van der Waals surface area contributed by atoms with Gasteiger partial charge in [0.1, 0.15) is 19.3 Å². The molecule has 0 aliphatic rings. The lowest BCUT2D eigenvalue weighted by atomic mass is 9.99. The number of unbranched alkanes of at least 4 members (excludes halogenated alkanes) is 32. The number of phosphoric acid groups is 2. The van der Waals surface area contributed by atoms with Crippen molar-refractivity contribution in [3.8, 4) is 0 Å². The standard InChI is InChI=1S/C70H136O17P2/c1-9-63(8)49-41-33-23-19-14-12-10-11-13-15-20-24-34-42-50-67(72)80-56-65(86-69(74)52-44-36-25-21-17-16-18-22-30-38-46-60(2)3)58-84-88(76,77)82-54-64(71)55-83-89(78,79)85-59-66(87-70(75)53-45-37-29-27-32-40-48-62(6)7)57-81-68(73)51-43-35-28-26-31-39-47-61(4)5/h60-66,71H,9-59H2,1-8H3,(H,76,77)(H,78,79)/t63?,64-,65-,66-/m1/s1. The summed E-state index contributed by atoms with van der Waals surface area (Å²) in [5, 5.41) is 10.6. The molecule has 0 saturated heterocycles. The van der Waals surface area contributed by atoms with Crippen molar-refractivity contribution < 1.29 is 80.2 Å². The van der Waals surface area contributed by atoms with E-state index in [0.717, 1.165) is 108 Å². The van der Waals surface area contributed by atoms with Crippen LogP contribution in [0.2, 0.25) is 0 Å². The van der Waals surface area contributed by atoms with E-state index < -0.39 is 97.5 Å². The maximum atomic E-state index is 13.0. The lowest BCUT2D eigenvalue weighted by molar-refractivity contribution is -0.161. The van der Waals surface area contributed by atoms with Gasteiger partial charge in [-0.15, -0.1) is 0 Å². The molecule has 0 heterocycles. The van der Waals surface area contributed by atoms with Gasteiger partial charge < -0.3 is 33.8 Å². The van der Waals surface area contributed by atoms with Crippen LogP contribution in [0.3, 0.4) is 0 Å². The largest absolute Gasteiger partial charge is 0.472 e. The lowest BCUT2D eigenvalue weighted by Gasteiger charge is -2.21. The Kier molecular flexibility index (Phi) is 58.5. The van der Waals surface area contributed by atoms with Crippen molar-refractivity contribution in [1.29, 1.82) is 0 Å². The molecule has 0 saturated carbocycles. The zero-order valence-corrected chi connectivity index (χ0v) is 59.8. The van der Waals surface area contributed by atoms with E-state index in [4.69, 9.17) is 37.0 Å². The smallest absolute Gasteiger partial charge is 0.462 e. The van der Waals surface area contributed by atoms with Crippen LogP contribution < -0.4 is 0 Å². The molecule has 19 heteroatoms. The molecule has 3 unspecified atom stereocenters. The number of phosphoric ester groups is 2. The number of hydrogen-bond acceptors (Lipinski definition) is 15. The van der Waals surface area contributed by atoms with Crippen molar-refractivity contribution in [3.05, 3.63) is 0 Å². The number of carbonyl (C=O) groups is 4. The van der Waals surface area contributed by atoms with Gasteiger partial charge in [0.25, 0.3) is 0 Å². The van der Waals surface area contributed by atoms with Crippen molar-refractivity contribution in [2.75, 3.05) is 39.6 Å². The van der Waals surface area contributed by atoms with Crippen LogP contribution in [-0.4, -0.2) is 96.7 Å². The van der Waals surface area contributed by atoms with E-state index in [9.17, 15) is 43.2 Å². The number of hydrogen-bond donors (Lipinski definition) is 3. The molecule has 3 N–H and O–H groups in total. The molecule has 0 amide bonds. The molecule has 0 bridgehead atoms. The molecule has 0 aromatic heterocycles. The van der Waals surface area contributed by atoms with Crippen LogP contribution in [-0.2, 0) is 65.4 Å². The molecule has 0 fully saturated rings. The van der Waals surface area contributed by atoms with Crippen LogP contribution in [0.5, 0.6) is 0 Å². The van der Waals surface area contributed by atoms with Crippen LogP contribution in [0.4, 0.5) is 0 Å². The molecule has 0 aliphatic carbocycles. The molecule has 89 heavy (non-hydrogen) atoms. The fourth-order valence-corrected chi connectivity index (χ4v) is 12.0. The van der Waals surface area contributed by atoms with Crippen molar-refractivity contribution in [2.45, 2.75) is 363 Å². The topological polar surface area (TPSA) is 237 Å². The van der Waals surface area contributed by atoms with Crippen molar-refractivity contribution in [2.24, 2.45) is 23.7 Å².